The molecule has 0 amide bonds. The molecule has 0 spiro atoms. The molecule has 23 heavy (non-hydrogen) atoms. The summed E-state index contributed by atoms with van der Waals surface area (Å²) in [6.07, 6.45) is 0. The van der Waals surface area contributed by atoms with Gasteiger partial charge >= 0.3 is 5.97 Å². The van der Waals surface area contributed by atoms with Gasteiger partial charge in [-0.15, -0.1) is 0 Å². The van der Waals surface area contributed by atoms with Crippen molar-refractivity contribution in [1.82, 2.24) is 4.98 Å². The number of halogens is 1. The monoisotopic (exact) mass is 327 g/mol. The number of pyridine rings is 1. The molecule has 0 aliphatic heterocycles. The molecule has 5 heteroatoms. The lowest BCUT2D eigenvalue weighted by Gasteiger charge is -2.09. The van der Waals surface area contributed by atoms with Crippen LogP contribution in [0.5, 0.6) is 5.75 Å². The molecule has 1 heterocycles. The van der Waals surface area contributed by atoms with Crippen molar-refractivity contribution in [2.75, 3.05) is 6.61 Å². The third-order valence-corrected chi connectivity index (χ3v) is 3.68. The molecule has 2 aromatic carbocycles. The zero-order valence-electron chi connectivity index (χ0n) is 12.4. The Morgan fingerprint density at radius 3 is 2.74 bits per heavy atom. The van der Waals surface area contributed by atoms with Crippen molar-refractivity contribution in [1.29, 1.82) is 0 Å². The fraction of sp³-hybridized carbons (Fsp3) is 0.111. The van der Waals surface area contributed by atoms with Gasteiger partial charge in [-0.1, -0.05) is 23.7 Å². The lowest BCUT2D eigenvalue weighted by Crippen LogP contribution is -2.01. The van der Waals surface area contributed by atoms with Crippen molar-refractivity contribution in [3.63, 3.8) is 0 Å². The highest BCUT2D eigenvalue weighted by atomic mass is 35.5. The van der Waals surface area contributed by atoms with Gasteiger partial charge < -0.3 is 9.84 Å². The minimum Gasteiger partial charge on any atom is -0.494 e. The number of carboxylic acid groups (broad SMARTS) is 1. The average molecular weight is 328 g/mol. The first-order valence-electron chi connectivity index (χ1n) is 7.15. The molecule has 0 fully saturated rings. The Hall–Kier alpha value is -2.59. The van der Waals surface area contributed by atoms with Crippen molar-refractivity contribution in [2.24, 2.45) is 0 Å². The van der Waals surface area contributed by atoms with E-state index in [4.69, 9.17) is 16.3 Å². The number of hydrogen-bond donors (Lipinski definition) is 1. The molecule has 0 saturated heterocycles. The topological polar surface area (TPSA) is 59.4 Å². The number of aromatic nitrogens is 1. The third kappa shape index (κ3) is 3.12. The van der Waals surface area contributed by atoms with E-state index in [0.29, 0.717) is 34.0 Å². The molecule has 4 nitrogen and oxygen atoms in total. The minimum atomic E-state index is -1.01. The normalized spacial score (nSPS) is 10.7. The highest BCUT2D eigenvalue weighted by Crippen LogP contribution is 2.29. The van der Waals surface area contributed by atoms with Crippen LogP contribution in [-0.2, 0) is 0 Å². The van der Waals surface area contributed by atoms with Gasteiger partial charge in [-0.05, 0) is 43.3 Å². The summed E-state index contributed by atoms with van der Waals surface area (Å²) in [5.74, 6) is -0.380. The zero-order valence-corrected chi connectivity index (χ0v) is 13.2. The molecule has 1 N–H and O–H groups in total. The Kier molecular flexibility index (Phi) is 4.17. The van der Waals surface area contributed by atoms with Crippen LogP contribution >= 0.6 is 11.6 Å². The summed E-state index contributed by atoms with van der Waals surface area (Å²) in [5, 5.41) is 10.7. The van der Waals surface area contributed by atoms with Crippen LogP contribution in [0.2, 0.25) is 5.02 Å². The molecule has 1 aromatic heterocycles. The maximum atomic E-state index is 11.6. The van der Waals surface area contributed by atoms with Crippen molar-refractivity contribution < 1.29 is 14.6 Å². The number of carboxylic acids is 1. The molecule has 0 unspecified atom stereocenters. The zero-order chi connectivity index (χ0) is 16.4. The molecule has 0 radical (unpaired) electrons. The second kappa shape index (κ2) is 6.26. The van der Waals surface area contributed by atoms with Gasteiger partial charge in [0.05, 0.1) is 23.4 Å². The van der Waals surface area contributed by atoms with Gasteiger partial charge in [-0.2, -0.15) is 0 Å². The number of aromatic carboxylic acids is 1. The third-order valence-electron chi connectivity index (χ3n) is 3.44. The van der Waals surface area contributed by atoms with Gasteiger partial charge in [0.2, 0.25) is 0 Å². The van der Waals surface area contributed by atoms with E-state index < -0.39 is 5.97 Å². The highest BCUT2D eigenvalue weighted by Gasteiger charge is 2.14. The van der Waals surface area contributed by atoms with E-state index in [2.05, 4.69) is 4.98 Å². The van der Waals surface area contributed by atoms with Crippen LogP contribution in [0.25, 0.3) is 22.2 Å². The minimum absolute atomic E-state index is 0.187. The van der Waals surface area contributed by atoms with Crippen molar-refractivity contribution in [3.05, 3.63) is 59.1 Å². The maximum absolute atomic E-state index is 11.6. The Bertz CT molecular complexity index is 893. The predicted molar refractivity (Wildman–Crippen MR) is 90.3 cm³/mol. The molecular weight excluding hydrogens is 314 g/mol. The summed E-state index contributed by atoms with van der Waals surface area (Å²) in [7, 11) is 0. The molecule has 0 bridgehead atoms. The summed E-state index contributed by atoms with van der Waals surface area (Å²) >= 11 is 6.01. The molecule has 0 saturated carbocycles. The lowest BCUT2D eigenvalue weighted by atomic mass is 10.0. The molecule has 3 rings (SSSR count). The first-order chi connectivity index (χ1) is 11.1. The van der Waals surface area contributed by atoms with Crippen molar-refractivity contribution in [2.45, 2.75) is 6.92 Å². The van der Waals surface area contributed by atoms with E-state index in [-0.39, 0.29) is 5.56 Å². The van der Waals surface area contributed by atoms with E-state index in [1.165, 1.54) is 0 Å². The first-order valence-corrected chi connectivity index (χ1v) is 7.53. The molecule has 116 valence electrons. The summed E-state index contributed by atoms with van der Waals surface area (Å²) in [6, 6.07) is 14.0. The first kappa shape index (κ1) is 15.3. The number of nitrogens with zero attached hydrogens (tertiary/aromatic N) is 1. The van der Waals surface area contributed by atoms with Crippen LogP contribution in [0.4, 0.5) is 0 Å². The average Bonchev–Trinajstić information content (AvgIpc) is 2.54. The number of fused-ring (bicyclic) bond motifs is 1. The fourth-order valence-corrected chi connectivity index (χ4v) is 2.62. The van der Waals surface area contributed by atoms with E-state index in [1.54, 1.807) is 36.4 Å². The molecule has 0 aliphatic rings. The van der Waals surface area contributed by atoms with Gasteiger partial charge in [-0.25, -0.2) is 9.78 Å². The number of rotatable bonds is 4. The van der Waals surface area contributed by atoms with Crippen LogP contribution in [-0.4, -0.2) is 22.7 Å². The maximum Gasteiger partial charge on any atom is 0.336 e. The number of benzene rings is 2. The summed E-state index contributed by atoms with van der Waals surface area (Å²) in [4.78, 5) is 16.2. The predicted octanol–water partition coefficient (Wildman–Crippen LogP) is 4.65. The Morgan fingerprint density at radius 2 is 2.04 bits per heavy atom. The largest absolute Gasteiger partial charge is 0.494 e. The van der Waals surface area contributed by atoms with Gasteiger partial charge in [0.25, 0.3) is 0 Å². The van der Waals surface area contributed by atoms with Gasteiger partial charge in [0, 0.05) is 16.0 Å². The van der Waals surface area contributed by atoms with Crippen molar-refractivity contribution >= 4 is 28.5 Å². The standard InChI is InChI=1S/C18H14ClNO3/c1-2-23-13-6-7-16-14(9-13)15(18(21)22)10-17(20-16)11-4-3-5-12(19)8-11/h3-10H,2H2,1H3,(H,21,22). The van der Waals surface area contributed by atoms with Crippen LogP contribution in [0.1, 0.15) is 17.3 Å². The fourth-order valence-electron chi connectivity index (χ4n) is 2.43. The molecular formula is C18H14ClNO3. The second-order valence-electron chi connectivity index (χ2n) is 4.98. The molecule has 0 atom stereocenters. The number of hydrogen-bond acceptors (Lipinski definition) is 3. The number of ether oxygens (including phenoxy) is 1. The Balaban J connectivity index is 2.23. The summed E-state index contributed by atoms with van der Waals surface area (Å²) in [6.45, 7) is 2.39. The smallest absolute Gasteiger partial charge is 0.336 e. The Labute approximate surface area is 138 Å². The van der Waals surface area contributed by atoms with Crippen LogP contribution in [0, 0.1) is 0 Å². The summed E-state index contributed by atoms with van der Waals surface area (Å²) < 4.78 is 5.44. The SMILES string of the molecule is CCOc1ccc2nc(-c3cccc(Cl)c3)cc(C(=O)O)c2c1. The lowest BCUT2D eigenvalue weighted by molar-refractivity contribution is 0.0699. The molecule has 3 aromatic rings. The Morgan fingerprint density at radius 1 is 1.22 bits per heavy atom. The van der Waals surface area contributed by atoms with Gasteiger partial charge in [0.1, 0.15) is 5.75 Å². The second-order valence-corrected chi connectivity index (χ2v) is 5.42. The summed E-state index contributed by atoms with van der Waals surface area (Å²) in [5.41, 5.74) is 2.13. The van der Waals surface area contributed by atoms with E-state index in [0.717, 1.165) is 5.56 Å². The van der Waals surface area contributed by atoms with E-state index >= 15 is 0 Å². The quantitative estimate of drug-likeness (QED) is 0.757. The van der Waals surface area contributed by atoms with Crippen molar-refractivity contribution in [3.8, 4) is 17.0 Å². The molecule has 0 aliphatic carbocycles. The number of carbonyl (C=O) groups is 1. The van der Waals surface area contributed by atoms with E-state index in [9.17, 15) is 9.90 Å². The van der Waals surface area contributed by atoms with Crippen LogP contribution in [0.15, 0.2) is 48.5 Å². The highest BCUT2D eigenvalue weighted by molar-refractivity contribution is 6.30. The van der Waals surface area contributed by atoms with Crippen LogP contribution in [0.3, 0.4) is 0 Å². The van der Waals surface area contributed by atoms with Gasteiger partial charge in [0.15, 0.2) is 0 Å². The van der Waals surface area contributed by atoms with Gasteiger partial charge in [-0.3, -0.25) is 0 Å². The van der Waals surface area contributed by atoms with E-state index in [1.807, 2.05) is 19.1 Å². The van der Waals surface area contributed by atoms with Crippen LogP contribution < -0.4 is 4.74 Å².